The fraction of sp³-hybridized carbons (Fsp3) is 0.250. The molecule has 16 heavy (non-hydrogen) atoms. The molecule has 4 heteroatoms. The summed E-state index contributed by atoms with van der Waals surface area (Å²) in [4.78, 5) is 4.30. The van der Waals surface area contributed by atoms with Crippen molar-refractivity contribution in [1.29, 1.82) is 0 Å². The lowest BCUT2D eigenvalue weighted by molar-refractivity contribution is 0.751. The van der Waals surface area contributed by atoms with Gasteiger partial charge in [-0.05, 0) is 24.1 Å². The molecule has 84 valence electrons. The van der Waals surface area contributed by atoms with Gasteiger partial charge in [0.1, 0.15) is 0 Å². The molecule has 1 nitrogen and oxygen atoms in total. The summed E-state index contributed by atoms with van der Waals surface area (Å²) < 4.78 is 1.10. The number of hydrogen-bond donors (Lipinski definition) is 0. The van der Waals surface area contributed by atoms with E-state index in [1.807, 2.05) is 5.51 Å². The molecule has 0 aliphatic heterocycles. The highest BCUT2D eigenvalue weighted by molar-refractivity contribution is 9.10. The van der Waals surface area contributed by atoms with E-state index in [0.29, 0.717) is 11.8 Å². The highest BCUT2D eigenvalue weighted by Gasteiger charge is 2.12. The van der Waals surface area contributed by atoms with Crippen LogP contribution < -0.4 is 0 Å². The first-order chi connectivity index (χ1) is 7.79. The van der Waals surface area contributed by atoms with E-state index in [2.05, 4.69) is 50.6 Å². The smallest absolute Gasteiger partial charge is 0.0794 e. The van der Waals surface area contributed by atoms with Crippen LogP contribution in [0, 0.1) is 0 Å². The third-order valence-electron chi connectivity index (χ3n) is 2.47. The van der Waals surface area contributed by atoms with Gasteiger partial charge >= 0.3 is 0 Å². The van der Waals surface area contributed by atoms with Gasteiger partial charge in [-0.25, -0.2) is 4.98 Å². The zero-order valence-corrected chi connectivity index (χ0v) is 11.7. The van der Waals surface area contributed by atoms with Crippen LogP contribution in [0.2, 0.25) is 0 Å². The molecule has 1 heterocycles. The Bertz CT molecular complexity index is 427. The number of thiazole rings is 1. The van der Waals surface area contributed by atoms with E-state index in [-0.39, 0.29) is 0 Å². The molecule has 1 aromatic carbocycles. The van der Waals surface area contributed by atoms with Gasteiger partial charge in [0, 0.05) is 21.7 Å². The molecular weight excluding hydrogens is 306 g/mol. The summed E-state index contributed by atoms with van der Waals surface area (Å²) in [5.74, 6) is 0.968. The normalized spacial score (nSPS) is 12.6. The molecule has 0 amide bonds. The van der Waals surface area contributed by atoms with Gasteiger partial charge in [-0.3, -0.25) is 0 Å². The van der Waals surface area contributed by atoms with Crippen LogP contribution in [0.5, 0.6) is 0 Å². The monoisotopic (exact) mass is 315 g/mol. The van der Waals surface area contributed by atoms with Gasteiger partial charge in [-0.2, -0.15) is 0 Å². The van der Waals surface area contributed by atoms with E-state index in [9.17, 15) is 0 Å². The lowest BCUT2D eigenvalue weighted by atomic mass is 9.96. The van der Waals surface area contributed by atoms with Crippen LogP contribution in [0.1, 0.15) is 17.2 Å². The topological polar surface area (TPSA) is 12.9 Å². The maximum atomic E-state index is 6.02. The molecule has 0 saturated heterocycles. The minimum Gasteiger partial charge on any atom is -0.250 e. The summed E-state index contributed by atoms with van der Waals surface area (Å²) >= 11 is 11.1. The zero-order chi connectivity index (χ0) is 11.4. The minimum atomic E-state index is 0.344. The zero-order valence-electron chi connectivity index (χ0n) is 8.57. The van der Waals surface area contributed by atoms with Crippen LogP contribution in [0.25, 0.3) is 0 Å². The van der Waals surface area contributed by atoms with Crippen molar-refractivity contribution in [3.05, 3.63) is 50.9 Å². The third-order valence-corrected chi connectivity index (χ3v) is 4.00. The maximum absolute atomic E-state index is 6.02. The van der Waals surface area contributed by atoms with Crippen molar-refractivity contribution in [3.63, 3.8) is 0 Å². The Kier molecular flexibility index (Phi) is 4.38. The molecule has 0 bridgehead atoms. The summed E-state index contributed by atoms with van der Waals surface area (Å²) in [6.07, 6.45) is 0.911. The molecule has 2 aromatic rings. The average Bonchev–Trinajstić information content (AvgIpc) is 2.80. The lowest BCUT2D eigenvalue weighted by Crippen LogP contribution is -2.04. The first-order valence-corrected chi connectivity index (χ1v) is 7.25. The van der Waals surface area contributed by atoms with E-state index >= 15 is 0 Å². The highest BCUT2D eigenvalue weighted by atomic mass is 79.9. The van der Waals surface area contributed by atoms with Crippen molar-refractivity contribution in [2.24, 2.45) is 0 Å². The second-order valence-corrected chi connectivity index (χ2v) is 5.53. The van der Waals surface area contributed by atoms with E-state index in [4.69, 9.17) is 11.6 Å². The third kappa shape index (κ3) is 3.06. The summed E-state index contributed by atoms with van der Waals surface area (Å²) in [6.45, 7) is 0. The Labute approximate surface area is 113 Å². The van der Waals surface area contributed by atoms with Crippen LogP contribution >= 0.6 is 38.9 Å². The standard InChI is InChI=1S/C12H11BrClNS/c13-11-3-1-9(2-4-11)10(6-14)5-12-7-16-8-15-12/h1-4,7-8,10H,5-6H2. The molecule has 1 unspecified atom stereocenters. The Balaban J connectivity index is 2.13. The Hall–Kier alpha value is -0.380. The molecule has 0 spiro atoms. The predicted molar refractivity (Wildman–Crippen MR) is 73.4 cm³/mol. The lowest BCUT2D eigenvalue weighted by Gasteiger charge is -2.12. The molecule has 0 fully saturated rings. The van der Waals surface area contributed by atoms with Crippen LogP contribution in [-0.2, 0) is 6.42 Å². The Morgan fingerprint density at radius 1 is 1.31 bits per heavy atom. The fourth-order valence-electron chi connectivity index (χ4n) is 1.59. The second kappa shape index (κ2) is 5.80. The highest BCUT2D eigenvalue weighted by Crippen LogP contribution is 2.23. The number of rotatable bonds is 4. The first kappa shape index (κ1) is 12.1. The molecular formula is C12H11BrClNS. The van der Waals surface area contributed by atoms with Crippen LogP contribution in [0.3, 0.4) is 0 Å². The number of alkyl halides is 1. The average molecular weight is 317 g/mol. The molecule has 0 N–H and O–H groups in total. The van der Waals surface area contributed by atoms with Gasteiger partial charge in [0.05, 0.1) is 11.2 Å². The Morgan fingerprint density at radius 2 is 2.06 bits per heavy atom. The minimum absolute atomic E-state index is 0.344. The molecule has 2 rings (SSSR count). The van der Waals surface area contributed by atoms with Crippen LogP contribution in [0.15, 0.2) is 39.6 Å². The first-order valence-electron chi connectivity index (χ1n) is 4.98. The van der Waals surface area contributed by atoms with Crippen LogP contribution in [0.4, 0.5) is 0 Å². The van der Waals surface area contributed by atoms with Crippen molar-refractivity contribution in [3.8, 4) is 0 Å². The summed E-state index contributed by atoms with van der Waals surface area (Å²) in [5, 5.41) is 2.08. The molecule has 0 saturated carbocycles. The van der Waals surface area contributed by atoms with E-state index < -0.39 is 0 Å². The van der Waals surface area contributed by atoms with Crippen molar-refractivity contribution in [2.45, 2.75) is 12.3 Å². The maximum Gasteiger partial charge on any atom is 0.0794 e. The summed E-state index contributed by atoms with van der Waals surface area (Å²) in [7, 11) is 0. The van der Waals surface area contributed by atoms with Gasteiger partial charge in [-0.15, -0.1) is 22.9 Å². The predicted octanol–water partition coefficient (Wildman–Crippen LogP) is 4.47. The van der Waals surface area contributed by atoms with Crippen molar-refractivity contribution in [1.82, 2.24) is 4.98 Å². The van der Waals surface area contributed by atoms with Crippen molar-refractivity contribution < 1.29 is 0 Å². The fourth-order valence-corrected chi connectivity index (χ4v) is 2.71. The SMILES string of the molecule is ClCC(Cc1cscn1)c1ccc(Br)cc1. The van der Waals surface area contributed by atoms with Gasteiger partial charge in [0.2, 0.25) is 0 Å². The Morgan fingerprint density at radius 3 is 2.62 bits per heavy atom. The van der Waals surface area contributed by atoms with E-state index in [0.717, 1.165) is 16.6 Å². The number of nitrogens with zero attached hydrogens (tertiary/aromatic N) is 1. The largest absolute Gasteiger partial charge is 0.250 e. The number of benzene rings is 1. The molecule has 0 aliphatic rings. The van der Waals surface area contributed by atoms with Gasteiger partial charge in [0.25, 0.3) is 0 Å². The molecule has 1 aromatic heterocycles. The molecule has 0 radical (unpaired) electrons. The van der Waals surface area contributed by atoms with Crippen molar-refractivity contribution in [2.75, 3.05) is 5.88 Å². The second-order valence-electron chi connectivity index (χ2n) is 3.59. The quantitative estimate of drug-likeness (QED) is 0.758. The van der Waals surface area contributed by atoms with Crippen LogP contribution in [-0.4, -0.2) is 10.9 Å². The van der Waals surface area contributed by atoms with Gasteiger partial charge in [0.15, 0.2) is 0 Å². The van der Waals surface area contributed by atoms with E-state index in [1.165, 1.54) is 5.56 Å². The summed E-state index contributed by atoms with van der Waals surface area (Å²) in [5.41, 5.74) is 4.26. The van der Waals surface area contributed by atoms with Gasteiger partial charge < -0.3 is 0 Å². The summed E-state index contributed by atoms with van der Waals surface area (Å²) in [6, 6.07) is 8.33. The van der Waals surface area contributed by atoms with E-state index in [1.54, 1.807) is 11.3 Å². The molecule has 0 aliphatic carbocycles. The molecule has 1 atom stereocenters. The number of halogens is 2. The number of hydrogen-bond acceptors (Lipinski definition) is 2. The number of aromatic nitrogens is 1. The van der Waals surface area contributed by atoms with Gasteiger partial charge in [-0.1, -0.05) is 28.1 Å². The van der Waals surface area contributed by atoms with Crippen molar-refractivity contribution >= 4 is 38.9 Å².